The van der Waals surface area contributed by atoms with Crippen molar-refractivity contribution in [3.8, 4) is 11.6 Å². The van der Waals surface area contributed by atoms with Gasteiger partial charge in [-0.2, -0.15) is 14.6 Å². The first kappa shape index (κ1) is 11.9. The molecule has 0 aliphatic carbocycles. The molecule has 0 unspecified atom stereocenters. The molecule has 3 aromatic heterocycles. The highest BCUT2D eigenvalue weighted by Gasteiger charge is 2.10. The lowest BCUT2D eigenvalue weighted by Gasteiger charge is -2.08. The van der Waals surface area contributed by atoms with Gasteiger partial charge in [0.1, 0.15) is 6.33 Å². The van der Waals surface area contributed by atoms with Gasteiger partial charge in [0.2, 0.25) is 5.88 Å². The number of pyridine rings is 1. The van der Waals surface area contributed by atoms with Gasteiger partial charge in [0.25, 0.3) is 5.78 Å². The molecule has 0 saturated heterocycles. The summed E-state index contributed by atoms with van der Waals surface area (Å²) >= 11 is 5.98. The zero-order valence-electron chi connectivity index (χ0n) is 10.1. The zero-order valence-corrected chi connectivity index (χ0v) is 10.9. The Morgan fingerprint density at radius 1 is 1.37 bits per heavy atom. The summed E-state index contributed by atoms with van der Waals surface area (Å²) in [5.74, 6) is 1.47. The van der Waals surface area contributed by atoms with Crippen molar-refractivity contribution in [1.82, 2.24) is 24.6 Å². The summed E-state index contributed by atoms with van der Waals surface area (Å²) in [7, 11) is 0. The van der Waals surface area contributed by atoms with Crippen LogP contribution in [0.15, 0.2) is 30.7 Å². The summed E-state index contributed by atoms with van der Waals surface area (Å²) in [5, 5.41) is 4.37. The minimum atomic E-state index is 0.297. The Morgan fingerprint density at radius 3 is 3.05 bits per heavy atom. The van der Waals surface area contributed by atoms with Gasteiger partial charge in [-0.3, -0.25) is 0 Å². The fourth-order valence-electron chi connectivity index (χ4n) is 1.65. The maximum atomic E-state index is 5.98. The minimum absolute atomic E-state index is 0.297. The van der Waals surface area contributed by atoms with Gasteiger partial charge in [-0.05, 0) is 18.6 Å². The number of aryl methyl sites for hydroxylation is 1. The van der Waals surface area contributed by atoms with Crippen LogP contribution in [-0.2, 0) is 6.42 Å². The predicted octanol–water partition coefficient (Wildman–Crippen LogP) is 2.53. The first-order valence-corrected chi connectivity index (χ1v) is 6.13. The number of aromatic nitrogens is 5. The molecule has 0 aromatic carbocycles. The number of halogens is 1. The molecule has 0 radical (unpaired) electrons. The third-order valence-electron chi connectivity index (χ3n) is 2.57. The van der Waals surface area contributed by atoms with Crippen molar-refractivity contribution >= 4 is 17.4 Å². The summed E-state index contributed by atoms with van der Waals surface area (Å²) in [6.07, 6.45) is 3.81. The molecule has 0 fully saturated rings. The summed E-state index contributed by atoms with van der Waals surface area (Å²) in [4.78, 5) is 12.4. The monoisotopic (exact) mass is 275 g/mol. The van der Waals surface area contributed by atoms with Crippen LogP contribution in [0.1, 0.15) is 12.6 Å². The molecular weight excluding hydrogens is 266 g/mol. The largest absolute Gasteiger partial charge is 0.436 e. The second kappa shape index (κ2) is 4.81. The van der Waals surface area contributed by atoms with Crippen LogP contribution in [0.5, 0.6) is 11.6 Å². The van der Waals surface area contributed by atoms with Crippen molar-refractivity contribution in [2.45, 2.75) is 13.3 Å². The molecule has 6 nitrogen and oxygen atoms in total. The van der Waals surface area contributed by atoms with E-state index in [1.54, 1.807) is 18.3 Å². The van der Waals surface area contributed by atoms with Gasteiger partial charge in [-0.15, -0.1) is 0 Å². The molecule has 0 atom stereocenters. The van der Waals surface area contributed by atoms with E-state index in [1.807, 2.05) is 13.0 Å². The molecule has 3 heterocycles. The molecule has 0 bridgehead atoms. The topological polar surface area (TPSA) is 65.2 Å². The van der Waals surface area contributed by atoms with Gasteiger partial charge in [0.15, 0.2) is 10.9 Å². The fourth-order valence-corrected chi connectivity index (χ4v) is 1.80. The lowest BCUT2D eigenvalue weighted by Crippen LogP contribution is -2.01. The van der Waals surface area contributed by atoms with Crippen molar-refractivity contribution in [3.05, 3.63) is 41.6 Å². The van der Waals surface area contributed by atoms with Crippen molar-refractivity contribution < 1.29 is 4.74 Å². The van der Waals surface area contributed by atoms with Crippen LogP contribution in [0.4, 0.5) is 0 Å². The van der Waals surface area contributed by atoms with Crippen LogP contribution in [0.2, 0.25) is 5.15 Å². The Hall–Kier alpha value is -2.21. The average Bonchev–Trinajstić information content (AvgIpc) is 2.89. The highest BCUT2D eigenvalue weighted by molar-refractivity contribution is 6.30. The second-order valence-corrected chi connectivity index (χ2v) is 4.16. The molecule has 3 aromatic rings. The third-order valence-corrected chi connectivity index (χ3v) is 2.86. The van der Waals surface area contributed by atoms with E-state index >= 15 is 0 Å². The Kier molecular flexibility index (Phi) is 3.00. The van der Waals surface area contributed by atoms with E-state index in [2.05, 4.69) is 20.1 Å². The number of rotatable bonds is 3. The molecular formula is C12H10ClN5O. The van der Waals surface area contributed by atoms with Crippen LogP contribution in [-0.4, -0.2) is 24.6 Å². The van der Waals surface area contributed by atoms with Crippen LogP contribution in [0.25, 0.3) is 5.78 Å². The summed E-state index contributed by atoms with van der Waals surface area (Å²) < 4.78 is 7.27. The van der Waals surface area contributed by atoms with E-state index in [0.717, 1.165) is 12.1 Å². The highest BCUT2D eigenvalue weighted by atomic mass is 35.5. The van der Waals surface area contributed by atoms with Crippen molar-refractivity contribution in [2.75, 3.05) is 0 Å². The summed E-state index contributed by atoms with van der Waals surface area (Å²) in [6, 6.07) is 5.30. The molecule has 0 aliphatic heterocycles. The number of ether oxygens (including phenoxy) is 1. The van der Waals surface area contributed by atoms with Gasteiger partial charge < -0.3 is 4.74 Å². The number of nitrogens with zero attached hydrogens (tertiary/aromatic N) is 5. The molecule has 0 saturated carbocycles. The zero-order chi connectivity index (χ0) is 13.2. The summed E-state index contributed by atoms with van der Waals surface area (Å²) in [5.41, 5.74) is 0.871. The third kappa shape index (κ3) is 2.22. The summed E-state index contributed by atoms with van der Waals surface area (Å²) in [6.45, 7) is 2.01. The lowest BCUT2D eigenvalue weighted by atomic mass is 10.3. The van der Waals surface area contributed by atoms with Gasteiger partial charge >= 0.3 is 0 Å². The second-order valence-electron chi connectivity index (χ2n) is 3.81. The van der Waals surface area contributed by atoms with E-state index in [0.29, 0.717) is 22.6 Å². The Morgan fingerprint density at radius 2 is 2.26 bits per heavy atom. The predicted molar refractivity (Wildman–Crippen MR) is 69.5 cm³/mol. The van der Waals surface area contributed by atoms with Crippen LogP contribution < -0.4 is 4.74 Å². The number of fused-ring (bicyclic) bond motifs is 1. The first-order valence-electron chi connectivity index (χ1n) is 5.76. The first-order chi connectivity index (χ1) is 9.28. The van der Waals surface area contributed by atoms with Crippen molar-refractivity contribution in [1.29, 1.82) is 0 Å². The Bertz CT molecular complexity index is 727. The Balaban J connectivity index is 2.09. The molecule has 0 amide bonds. The van der Waals surface area contributed by atoms with Gasteiger partial charge in [0, 0.05) is 18.0 Å². The van der Waals surface area contributed by atoms with Crippen LogP contribution in [0, 0.1) is 0 Å². The van der Waals surface area contributed by atoms with E-state index in [4.69, 9.17) is 16.3 Å². The quantitative estimate of drug-likeness (QED) is 0.687. The standard InChI is InChI=1S/C12H10ClN5O/c1-2-8-6-10(18-12(17-8)15-7-16-18)19-9-4-3-5-14-11(9)13/h3-7H,2H2,1H3. The maximum Gasteiger partial charge on any atom is 0.255 e. The molecule has 19 heavy (non-hydrogen) atoms. The van der Waals surface area contributed by atoms with E-state index in [9.17, 15) is 0 Å². The molecule has 3 rings (SSSR count). The molecule has 0 aliphatic rings. The average molecular weight is 276 g/mol. The van der Waals surface area contributed by atoms with Gasteiger partial charge in [0.05, 0.1) is 0 Å². The minimum Gasteiger partial charge on any atom is -0.436 e. The lowest BCUT2D eigenvalue weighted by molar-refractivity contribution is 0.443. The van der Waals surface area contributed by atoms with E-state index < -0.39 is 0 Å². The number of hydrogen-bond acceptors (Lipinski definition) is 5. The van der Waals surface area contributed by atoms with Gasteiger partial charge in [-0.25, -0.2) is 9.97 Å². The smallest absolute Gasteiger partial charge is 0.255 e. The SMILES string of the molecule is CCc1cc(Oc2cccnc2Cl)n2ncnc2n1. The van der Waals surface area contributed by atoms with Crippen LogP contribution in [0.3, 0.4) is 0 Å². The van der Waals surface area contributed by atoms with Crippen LogP contribution >= 0.6 is 11.6 Å². The maximum absolute atomic E-state index is 5.98. The van der Waals surface area contributed by atoms with Crippen molar-refractivity contribution in [3.63, 3.8) is 0 Å². The molecule has 0 spiro atoms. The van der Waals surface area contributed by atoms with Crippen molar-refractivity contribution in [2.24, 2.45) is 0 Å². The van der Waals surface area contributed by atoms with Gasteiger partial charge in [-0.1, -0.05) is 18.5 Å². The van der Waals surface area contributed by atoms with E-state index in [-0.39, 0.29) is 0 Å². The Labute approximate surface area is 114 Å². The number of hydrogen-bond donors (Lipinski definition) is 0. The highest BCUT2D eigenvalue weighted by Crippen LogP contribution is 2.27. The molecule has 7 heteroatoms. The molecule has 96 valence electrons. The normalized spacial score (nSPS) is 10.8. The molecule has 0 N–H and O–H groups in total. The van der Waals surface area contributed by atoms with E-state index in [1.165, 1.54) is 10.8 Å². The fraction of sp³-hybridized carbons (Fsp3) is 0.167.